The van der Waals surface area contributed by atoms with Crippen LogP contribution in [0.15, 0.2) is 51.2 Å². The first-order chi connectivity index (χ1) is 29.5. The Morgan fingerprint density at radius 1 is 1.02 bits per heavy atom. The van der Waals surface area contributed by atoms with Crippen LogP contribution in [-0.2, 0) is 16.6 Å². The quantitative estimate of drug-likeness (QED) is 0.123. The van der Waals surface area contributed by atoms with Gasteiger partial charge in [-0.05, 0) is 107 Å². The second-order valence-corrected chi connectivity index (χ2v) is 19.1. The van der Waals surface area contributed by atoms with Crippen molar-refractivity contribution in [3.8, 4) is 0 Å². The molecule has 3 saturated heterocycles. The number of aromatic nitrogens is 2. The summed E-state index contributed by atoms with van der Waals surface area (Å²) >= 11 is 1.70. The van der Waals surface area contributed by atoms with E-state index in [0.717, 1.165) is 93.2 Å². The molecule has 17 heteroatoms. The van der Waals surface area contributed by atoms with Crippen LogP contribution >= 0.6 is 11.9 Å². The molecule has 1 aromatic carbocycles. The van der Waals surface area contributed by atoms with E-state index in [4.69, 9.17) is 5.11 Å². The van der Waals surface area contributed by atoms with E-state index in [2.05, 4.69) is 65.2 Å². The molecule has 0 radical (unpaired) electrons. The van der Waals surface area contributed by atoms with Crippen molar-refractivity contribution < 1.29 is 29.0 Å². The number of benzene rings is 1. The number of rotatable bonds is 11. The molecule has 4 atom stereocenters. The van der Waals surface area contributed by atoms with Crippen LogP contribution in [0, 0.1) is 5.41 Å². The Hall–Kier alpha value is -4.00. The number of aliphatic hydroxyl groups excluding tert-OH is 2. The number of aliphatic hydroxyl groups is 2. The minimum absolute atomic E-state index is 0.0359. The predicted molar refractivity (Wildman–Crippen MR) is 236 cm³/mol. The number of aryl methyl sites for hydroxylation is 1. The molecule has 5 N–H and O–H groups in total. The molecule has 15 nitrogen and oxygen atoms in total. The highest BCUT2D eigenvalue weighted by atomic mass is 32.2. The summed E-state index contributed by atoms with van der Waals surface area (Å²) in [6.45, 7) is 7.83. The number of aliphatic imine (C=N–C) groups is 2. The van der Waals surface area contributed by atoms with E-state index < -0.39 is 23.7 Å². The van der Waals surface area contributed by atoms with Gasteiger partial charge in [-0.3, -0.25) is 39.7 Å². The number of halogens is 1. The number of amides is 4. The van der Waals surface area contributed by atoms with Crippen LogP contribution in [-0.4, -0.2) is 136 Å². The Balaban J connectivity index is 0.000000668. The van der Waals surface area contributed by atoms with E-state index in [1.807, 2.05) is 13.1 Å². The molecular weight excluding hydrogens is 800 g/mol. The number of hydrogen-bond donors (Lipinski definition) is 5. The Morgan fingerprint density at radius 2 is 1.80 bits per heavy atom. The second-order valence-electron chi connectivity index (χ2n) is 17.7. The number of hydrogen-bond acceptors (Lipinski definition) is 12. The third-order valence-electron chi connectivity index (χ3n) is 13.6. The summed E-state index contributed by atoms with van der Waals surface area (Å²) in [5.41, 5.74) is 3.55. The molecule has 2 saturated carbocycles. The maximum Gasteiger partial charge on any atom is 0.329 e. The lowest BCUT2D eigenvalue weighted by Crippen LogP contribution is -2.49. The van der Waals surface area contributed by atoms with Gasteiger partial charge < -0.3 is 15.5 Å². The van der Waals surface area contributed by atoms with E-state index in [-0.39, 0.29) is 42.3 Å². The van der Waals surface area contributed by atoms with E-state index >= 15 is 4.39 Å². The van der Waals surface area contributed by atoms with Crippen molar-refractivity contribution in [2.24, 2.45) is 22.4 Å². The topological polar surface area (TPSA) is 180 Å². The monoisotopic (exact) mass is 860 g/mol. The second kappa shape index (κ2) is 19.2. The third-order valence-corrected chi connectivity index (χ3v) is 14.8. The minimum atomic E-state index is -1.03. The number of fused-ring (bicyclic) bond motifs is 1. The molecule has 4 aliphatic heterocycles. The molecule has 0 bridgehead atoms. The lowest BCUT2D eigenvalue weighted by atomic mass is 9.88. The number of carbonyl (C=O) groups excluding carboxylic acids is 3. The van der Waals surface area contributed by atoms with Crippen LogP contribution < -0.4 is 20.9 Å². The van der Waals surface area contributed by atoms with Gasteiger partial charge in [-0.2, -0.15) is 5.10 Å². The summed E-state index contributed by atoms with van der Waals surface area (Å²) in [6.07, 6.45) is 14.4. The SMILES string of the molecule is C=NC1=C(/C=N\CNC2CCN(SC3C=C(CN4CCC(c5ccc6c(N7CCC(=O)NC7=O)nn(C)c6c5)CC4)[C@@H](O)CC3)CC2F)C2(CC2)C(=O)N1.OC1CCCCC1. The summed E-state index contributed by atoms with van der Waals surface area (Å²) < 4.78 is 19.3. The Labute approximate surface area is 361 Å². The fourth-order valence-corrected chi connectivity index (χ4v) is 11.0. The Bertz CT molecular complexity index is 2060. The highest BCUT2D eigenvalue weighted by molar-refractivity contribution is 7.97. The van der Waals surface area contributed by atoms with E-state index in [1.54, 1.807) is 22.8 Å². The molecule has 7 aliphatic rings. The number of urea groups is 1. The number of nitrogens with zero attached hydrogens (tertiary/aromatic N) is 7. The largest absolute Gasteiger partial charge is 0.393 e. The molecule has 330 valence electrons. The zero-order valence-electron chi connectivity index (χ0n) is 35.2. The van der Waals surface area contributed by atoms with Gasteiger partial charge in [-0.25, -0.2) is 18.5 Å². The van der Waals surface area contributed by atoms with Crippen molar-refractivity contribution in [1.29, 1.82) is 0 Å². The van der Waals surface area contributed by atoms with Gasteiger partial charge in [-0.1, -0.05) is 43.4 Å². The highest BCUT2D eigenvalue weighted by Crippen LogP contribution is 2.55. The maximum atomic E-state index is 15.3. The van der Waals surface area contributed by atoms with Crippen molar-refractivity contribution in [3.05, 3.63) is 46.8 Å². The molecule has 3 unspecified atom stereocenters. The van der Waals surface area contributed by atoms with Crippen molar-refractivity contribution in [3.63, 3.8) is 0 Å². The summed E-state index contributed by atoms with van der Waals surface area (Å²) in [6, 6.07) is 5.64. The number of nitrogens with one attached hydrogen (secondary N) is 3. The van der Waals surface area contributed by atoms with Crippen LogP contribution in [0.3, 0.4) is 0 Å². The first-order valence-corrected chi connectivity index (χ1v) is 23.0. The van der Waals surface area contributed by atoms with Crippen LogP contribution in [0.1, 0.15) is 95.0 Å². The first-order valence-electron chi connectivity index (χ1n) is 22.2. The number of anilines is 1. The molecule has 4 amide bonds. The maximum absolute atomic E-state index is 15.3. The van der Waals surface area contributed by atoms with E-state index in [0.29, 0.717) is 43.5 Å². The molecule has 1 aromatic heterocycles. The van der Waals surface area contributed by atoms with Crippen LogP contribution in [0.4, 0.5) is 15.0 Å². The molecule has 3 aliphatic carbocycles. The van der Waals surface area contributed by atoms with Gasteiger partial charge in [0.2, 0.25) is 11.8 Å². The van der Waals surface area contributed by atoms with Gasteiger partial charge in [0.1, 0.15) is 12.0 Å². The lowest BCUT2D eigenvalue weighted by molar-refractivity contribution is -0.123. The number of imide groups is 1. The van der Waals surface area contributed by atoms with Crippen LogP contribution in [0.25, 0.3) is 10.9 Å². The Kier molecular flexibility index (Phi) is 13.7. The van der Waals surface area contributed by atoms with Gasteiger partial charge in [0.15, 0.2) is 5.82 Å². The molecular formula is C44H61FN10O5S. The number of carbonyl (C=O) groups is 3. The number of alkyl halides is 1. The van der Waals surface area contributed by atoms with Gasteiger partial charge in [-0.15, -0.1) is 0 Å². The average molecular weight is 861 g/mol. The highest BCUT2D eigenvalue weighted by Gasteiger charge is 2.57. The average Bonchev–Trinajstić information content (AvgIpc) is 3.94. The van der Waals surface area contributed by atoms with E-state index in [1.165, 1.54) is 29.7 Å². The van der Waals surface area contributed by atoms with Crippen LogP contribution in [0.2, 0.25) is 0 Å². The summed E-state index contributed by atoms with van der Waals surface area (Å²) in [4.78, 5) is 48.8. The fraction of sp³-hybridized carbons (Fsp3) is 0.636. The van der Waals surface area contributed by atoms with Gasteiger partial charge in [0.05, 0.1) is 29.8 Å². The van der Waals surface area contributed by atoms with Crippen molar-refractivity contribution in [2.45, 2.75) is 119 Å². The third kappa shape index (κ3) is 9.97. The summed E-state index contributed by atoms with van der Waals surface area (Å²) in [5.74, 6) is 1.14. The van der Waals surface area contributed by atoms with Gasteiger partial charge in [0, 0.05) is 68.1 Å². The number of piperidine rings is 2. The molecule has 9 rings (SSSR count). The number of likely N-dealkylation sites (tertiary alicyclic amines) is 1. The fourth-order valence-electron chi connectivity index (χ4n) is 9.70. The van der Waals surface area contributed by atoms with E-state index in [9.17, 15) is 19.5 Å². The van der Waals surface area contributed by atoms with Crippen LogP contribution in [0.5, 0.6) is 0 Å². The normalized spacial score (nSPS) is 28.0. The molecule has 1 spiro atoms. The standard InChI is InChI=1S/C38H49FN10O4S.C6H12O/c1-40-34-28(38(11-12-38)36(52)44-34)19-41-22-42-30-9-15-48(21-29(30)39)54-26-4-6-32(50)25(17-26)20-47-13-7-23(8-14-47)24-3-5-27-31(18-24)46(2)45-35(27)49-16-10-33(51)43-37(49)53;7-6-4-2-1-3-5-6/h3,5,17-19,23,26,29-30,32,42,50H,1,4,6-16,20-22H2,2H3,(H,44,52)(H,43,51,53);6-7H,1-5H2/b41-19-;/t26?,29?,30?,32-;/m0./s1. The summed E-state index contributed by atoms with van der Waals surface area (Å²) in [7, 11) is 1.88. The molecule has 61 heavy (non-hydrogen) atoms. The van der Waals surface area contributed by atoms with Crippen molar-refractivity contribution >= 4 is 59.4 Å². The first kappa shape index (κ1) is 43.6. The zero-order chi connectivity index (χ0) is 42.7. The Morgan fingerprint density at radius 3 is 2.49 bits per heavy atom. The smallest absolute Gasteiger partial charge is 0.329 e. The summed E-state index contributed by atoms with van der Waals surface area (Å²) in [5, 5.41) is 34.0. The van der Waals surface area contributed by atoms with Gasteiger partial charge >= 0.3 is 6.03 Å². The molecule has 5 heterocycles. The van der Waals surface area contributed by atoms with Crippen molar-refractivity contribution in [1.82, 2.24) is 34.9 Å². The molecule has 2 aromatic rings. The van der Waals surface area contributed by atoms with Crippen molar-refractivity contribution in [2.75, 3.05) is 50.8 Å². The minimum Gasteiger partial charge on any atom is -0.393 e. The lowest BCUT2D eigenvalue weighted by Gasteiger charge is -2.37. The van der Waals surface area contributed by atoms with Gasteiger partial charge in [0.25, 0.3) is 0 Å². The molecule has 5 fully saturated rings. The predicted octanol–water partition coefficient (Wildman–Crippen LogP) is 4.46. The zero-order valence-corrected chi connectivity index (χ0v) is 36.1.